The third kappa shape index (κ3) is 6.43. The highest BCUT2D eigenvalue weighted by Gasteiger charge is 2.10. The van der Waals surface area contributed by atoms with E-state index in [1.807, 2.05) is 59.3 Å². The molecule has 2 aromatic heterocycles. The maximum Gasteiger partial charge on any atom is 0.236 e. The van der Waals surface area contributed by atoms with Gasteiger partial charge < -0.3 is 10.6 Å². The van der Waals surface area contributed by atoms with Gasteiger partial charge in [0, 0.05) is 21.0 Å². The fraction of sp³-hybridized carbons (Fsp3) is 0.0870. The first-order chi connectivity index (χ1) is 15.5. The van der Waals surface area contributed by atoms with Crippen LogP contribution in [0.1, 0.15) is 5.56 Å². The van der Waals surface area contributed by atoms with Crippen molar-refractivity contribution >= 4 is 68.7 Å². The monoisotopic (exact) mass is 499 g/mol. The predicted molar refractivity (Wildman–Crippen MR) is 135 cm³/mol. The lowest BCUT2D eigenvalue weighted by Crippen LogP contribution is -2.14. The summed E-state index contributed by atoms with van der Waals surface area (Å²) in [4.78, 5) is 31.0. The van der Waals surface area contributed by atoms with Crippen LogP contribution in [-0.4, -0.2) is 22.6 Å². The van der Waals surface area contributed by atoms with E-state index in [0.29, 0.717) is 15.8 Å². The number of rotatable bonds is 8. The van der Waals surface area contributed by atoms with Crippen LogP contribution in [0.3, 0.4) is 0 Å². The van der Waals surface area contributed by atoms with Gasteiger partial charge in [-0.2, -0.15) is 0 Å². The molecule has 0 radical (unpaired) electrons. The third-order valence-electron chi connectivity index (χ3n) is 4.31. The van der Waals surface area contributed by atoms with Gasteiger partial charge in [-0.3, -0.25) is 9.59 Å². The summed E-state index contributed by atoms with van der Waals surface area (Å²) in [7, 11) is 0. The average molecular weight is 500 g/mol. The lowest BCUT2D eigenvalue weighted by molar-refractivity contribution is -0.115. The largest absolute Gasteiger partial charge is 0.326 e. The van der Waals surface area contributed by atoms with E-state index < -0.39 is 0 Å². The highest BCUT2D eigenvalue weighted by Crippen LogP contribution is 2.28. The molecular weight excluding hydrogens is 482 g/mol. The third-order valence-corrected chi connectivity index (χ3v) is 7.22. The Hall–Kier alpha value is -2.65. The Bertz CT molecular complexity index is 1190. The first kappa shape index (κ1) is 22.5. The molecule has 162 valence electrons. The number of amides is 2. The smallest absolute Gasteiger partial charge is 0.236 e. The molecule has 0 atom stereocenters. The van der Waals surface area contributed by atoms with E-state index in [1.165, 1.54) is 23.1 Å². The second kappa shape index (κ2) is 10.8. The van der Waals surface area contributed by atoms with Crippen LogP contribution in [0.25, 0.3) is 10.6 Å². The van der Waals surface area contributed by atoms with Gasteiger partial charge in [-0.25, -0.2) is 4.98 Å². The van der Waals surface area contributed by atoms with E-state index >= 15 is 0 Å². The predicted octanol–water partition coefficient (Wildman–Crippen LogP) is 6.44. The van der Waals surface area contributed by atoms with Crippen molar-refractivity contribution in [3.63, 3.8) is 0 Å². The number of benzene rings is 2. The Balaban J connectivity index is 1.23. The number of hydrogen-bond donors (Lipinski definition) is 2. The van der Waals surface area contributed by atoms with E-state index in [0.717, 1.165) is 21.0 Å². The Morgan fingerprint density at radius 1 is 0.938 bits per heavy atom. The molecule has 0 spiro atoms. The summed E-state index contributed by atoms with van der Waals surface area (Å²) in [5.41, 5.74) is 2.48. The number of carbonyl (C=O) groups excluding carboxylic acids is 2. The Morgan fingerprint density at radius 3 is 2.44 bits per heavy atom. The molecule has 4 aromatic rings. The van der Waals surface area contributed by atoms with Crippen molar-refractivity contribution in [2.75, 3.05) is 16.4 Å². The summed E-state index contributed by atoms with van der Waals surface area (Å²) in [5, 5.41) is 10.9. The van der Waals surface area contributed by atoms with E-state index in [9.17, 15) is 9.59 Å². The van der Waals surface area contributed by atoms with Gasteiger partial charge in [0.05, 0.1) is 22.7 Å². The molecule has 0 aliphatic carbocycles. The number of nitrogens with one attached hydrogen (secondary N) is 2. The van der Waals surface area contributed by atoms with Gasteiger partial charge in [-0.05, 0) is 53.4 Å². The van der Waals surface area contributed by atoms with Crippen molar-refractivity contribution in [2.24, 2.45) is 0 Å². The van der Waals surface area contributed by atoms with Crippen LogP contribution in [0.2, 0.25) is 5.02 Å². The van der Waals surface area contributed by atoms with Gasteiger partial charge in [0.25, 0.3) is 0 Å². The van der Waals surface area contributed by atoms with Crippen LogP contribution in [0.5, 0.6) is 0 Å². The minimum Gasteiger partial charge on any atom is -0.326 e. The first-order valence-corrected chi connectivity index (χ1v) is 12.7. The summed E-state index contributed by atoms with van der Waals surface area (Å²) in [6.45, 7) is 0. The number of thioether (sulfide) groups is 1. The number of halogens is 1. The van der Waals surface area contributed by atoms with Gasteiger partial charge in [0.1, 0.15) is 0 Å². The van der Waals surface area contributed by atoms with Gasteiger partial charge in [-0.1, -0.05) is 29.8 Å². The van der Waals surface area contributed by atoms with Crippen LogP contribution in [-0.2, 0) is 16.0 Å². The SMILES string of the molecule is O=C(Cc1ccc(Cl)cc1)Nc1ccc(SCC(=O)Nc2nc(-c3cccs3)cs2)cc1. The maximum atomic E-state index is 12.3. The topological polar surface area (TPSA) is 71.1 Å². The summed E-state index contributed by atoms with van der Waals surface area (Å²) < 4.78 is 0. The standard InChI is InChI=1S/C23H18ClN3O2S3/c24-16-5-3-15(4-6-16)12-21(28)25-17-7-9-18(10-8-17)31-14-22(29)27-23-26-19(13-32-23)20-2-1-11-30-20/h1-11,13H,12,14H2,(H,25,28)(H,26,27,29). The van der Waals surface area contributed by atoms with E-state index in [4.69, 9.17) is 11.6 Å². The molecular formula is C23H18ClN3O2S3. The lowest BCUT2D eigenvalue weighted by Gasteiger charge is -2.07. The number of thiophene rings is 1. The van der Waals surface area contributed by atoms with Crippen molar-refractivity contribution in [1.29, 1.82) is 0 Å². The molecule has 2 aromatic carbocycles. The zero-order chi connectivity index (χ0) is 22.3. The molecule has 2 N–H and O–H groups in total. The molecule has 9 heteroatoms. The van der Waals surface area contributed by atoms with Crippen LogP contribution >= 0.6 is 46.0 Å². The minimum atomic E-state index is -0.109. The molecule has 4 rings (SSSR count). The van der Waals surface area contributed by atoms with E-state index in [2.05, 4.69) is 15.6 Å². The molecule has 2 amide bonds. The Labute approximate surface area is 202 Å². The minimum absolute atomic E-state index is 0.0996. The Kier molecular flexibility index (Phi) is 7.59. The van der Waals surface area contributed by atoms with Gasteiger partial charge in [0.15, 0.2) is 5.13 Å². The van der Waals surface area contributed by atoms with Crippen LogP contribution < -0.4 is 10.6 Å². The van der Waals surface area contributed by atoms with Crippen molar-refractivity contribution in [1.82, 2.24) is 4.98 Å². The van der Waals surface area contributed by atoms with Gasteiger partial charge >= 0.3 is 0 Å². The fourth-order valence-corrected chi connectivity index (χ4v) is 5.11. The van der Waals surface area contributed by atoms with Crippen molar-refractivity contribution in [3.8, 4) is 10.6 Å². The van der Waals surface area contributed by atoms with Crippen LogP contribution in [0, 0.1) is 0 Å². The summed E-state index contributed by atoms with van der Waals surface area (Å²) in [5.74, 6) is 0.0656. The number of anilines is 2. The number of thiazole rings is 1. The number of carbonyl (C=O) groups is 2. The molecule has 2 heterocycles. The quantitative estimate of drug-likeness (QED) is 0.274. The maximum absolute atomic E-state index is 12.3. The number of aromatic nitrogens is 1. The highest BCUT2D eigenvalue weighted by atomic mass is 35.5. The number of hydrogen-bond acceptors (Lipinski definition) is 6. The molecule has 0 aliphatic heterocycles. The van der Waals surface area contributed by atoms with Crippen molar-refractivity contribution in [3.05, 3.63) is 82.0 Å². The molecule has 0 saturated carbocycles. The van der Waals surface area contributed by atoms with E-state index in [-0.39, 0.29) is 24.0 Å². The molecule has 0 bridgehead atoms. The molecule has 0 fully saturated rings. The molecule has 0 unspecified atom stereocenters. The molecule has 0 aliphatic rings. The summed E-state index contributed by atoms with van der Waals surface area (Å²) in [6, 6.07) is 18.6. The van der Waals surface area contributed by atoms with Crippen LogP contribution in [0.15, 0.2) is 76.3 Å². The average Bonchev–Trinajstić information content (AvgIpc) is 3.47. The summed E-state index contributed by atoms with van der Waals surface area (Å²) in [6.07, 6.45) is 0.277. The molecule has 0 saturated heterocycles. The zero-order valence-electron chi connectivity index (χ0n) is 16.7. The second-order valence-electron chi connectivity index (χ2n) is 6.73. The first-order valence-electron chi connectivity index (χ1n) is 9.61. The number of nitrogens with zero attached hydrogens (tertiary/aromatic N) is 1. The summed E-state index contributed by atoms with van der Waals surface area (Å²) >= 11 is 10.3. The van der Waals surface area contributed by atoms with E-state index in [1.54, 1.807) is 23.5 Å². The van der Waals surface area contributed by atoms with Crippen molar-refractivity contribution in [2.45, 2.75) is 11.3 Å². The van der Waals surface area contributed by atoms with Gasteiger partial charge in [0.2, 0.25) is 11.8 Å². The highest BCUT2D eigenvalue weighted by molar-refractivity contribution is 8.00. The van der Waals surface area contributed by atoms with Crippen molar-refractivity contribution < 1.29 is 9.59 Å². The zero-order valence-corrected chi connectivity index (χ0v) is 19.9. The van der Waals surface area contributed by atoms with Gasteiger partial charge in [-0.15, -0.1) is 34.4 Å². The lowest BCUT2D eigenvalue weighted by atomic mass is 10.1. The normalized spacial score (nSPS) is 10.7. The van der Waals surface area contributed by atoms with Crippen LogP contribution in [0.4, 0.5) is 10.8 Å². The Morgan fingerprint density at radius 2 is 1.72 bits per heavy atom. The second-order valence-corrected chi connectivity index (χ2v) is 10.0. The molecule has 5 nitrogen and oxygen atoms in total. The fourth-order valence-electron chi connectivity index (χ4n) is 2.80. The molecule has 32 heavy (non-hydrogen) atoms.